The van der Waals surface area contributed by atoms with Crippen molar-refractivity contribution in [2.45, 2.75) is 19.8 Å². The molecular formula is C23H21NO4S. The number of carbonyl (C=O) groups excluding carboxylic acids is 3. The molecule has 0 unspecified atom stereocenters. The molecule has 148 valence electrons. The zero-order valence-electron chi connectivity index (χ0n) is 16.2. The van der Waals surface area contributed by atoms with Crippen LogP contribution < -0.4 is 5.32 Å². The Kier molecular flexibility index (Phi) is 6.57. The molecule has 3 rings (SSSR count). The lowest BCUT2D eigenvalue weighted by Crippen LogP contribution is -2.15. The van der Waals surface area contributed by atoms with Crippen LogP contribution in [0.5, 0.6) is 0 Å². The third-order valence-electron chi connectivity index (χ3n) is 4.46. The summed E-state index contributed by atoms with van der Waals surface area (Å²) in [6.45, 7) is 1.90. The maximum absolute atomic E-state index is 12.5. The van der Waals surface area contributed by atoms with Gasteiger partial charge in [-0.2, -0.15) is 0 Å². The molecular weight excluding hydrogens is 386 g/mol. The first-order valence-electron chi connectivity index (χ1n) is 9.16. The number of carbonyl (C=O) groups is 3. The molecule has 2 aromatic carbocycles. The fourth-order valence-corrected chi connectivity index (χ4v) is 4.15. The van der Waals surface area contributed by atoms with E-state index in [4.69, 9.17) is 4.74 Å². The molecule has 0 aliphatic heterocycles. The Hall–Kier alpha value is -3.25. The largest absolute Gasteiger partial charge is 0.465 e. The second-order valence-electron chi connectivity index (χ2n) is 6.43. The monoisotopic (exact) mass is 407 g/mol. The van der Waals surface area contributed by atoms with Crippen LogP contribution in [-0.2, 0) is 9.53 Å². The van der Waals surface area contributed by atoms with Gasteiger partial charge in [-0.15, -0.1) is 11.3 Å². The molecule has 0 aliphatic carbocycles. The van der Waals surface area contributed by atoms with Gasteiger partial charge in [0.05, 0.1) is 7.11 Å². The van der Waals surface area contributed by atoms with Crippen molar-refractivity contribution in [2.24, 2.45) is 0 Å². The lowest BCUT2D eigenvalue weighted by atomic mass is 10.0. The van der Waals surface area contributed by atoms with E-state index < -0.39 is 5.97 Å². The van der Waals surface area contributed by atoms with Gasteiger partial charge in [-0.1, -0.05) is 60.7 Å². The normalized spacial score (nSPS) is 10.4. The second kappa shape index (κ2) is 9.30. The highest BCUT2D eigenvalue weighted by molar-refractivity contribution is 7.17. The van der Waals surface area contributed by atoms with Crippen LogP contribution in [0.25, 0.3) is 11.1 Å². The first-order valence-corrected chi connectivity index (χ1v) is 9.98. The molecule has 0 atom stereocenters. The molecule has 0 fully saturated rings. The number of esters is 1. The quantitative estimate of drug-likeness (QED) is 0.436. The number of Topliss-reactive ketones (excluding diaryl/α,β-unsaturated/α-hetero) is 1. The molecule has 1 N–H and O–H groups in total. The van der Waals surface area contributed by atoms with Gasteiger partial charge in [-0.25, -0.2) is 4.79 Å². The van der Waals surface area contributed by atoms with Crippen LogP contribution >= 0.6 is 11.3 Å². The van der Waals surface area contributed by atoms with Crippen molar-refractivity contribution in [1.29, 1.82) is 0 Å². The molecule has 0 bridgehead atoms. The molecule has 0 saturated heterocycles. The third kappa shape index (κ3) is 4.78. The van der Waals surface area contributed by atoms with E-state index in [1.54, 1.807) is 24.3 Å². The van der Waals surface area contributed by atoms with Crippen molar-refractivity contribution in [1.82, 2.24) is 0 Å². The average Bonchev–Trinajstić information content (AvgIpc) is 3.08. The Morgan fingerprint density at radius 3 is 2.17 bits per heavy atom. The van der Waals surface area contributed by atoms with Crippen LogP contribution in [0.15, 0.2) is 60.7 Å². The van der Waals surface area contributed by atoms with Gasteiger partial charge in [-0.05, 0) is 12.5 Å². The Bertz CT molecular complexity index is 1030. The smallest absolute Gasteiger partial charge is 0.341 e. The number of ether oxygens (including phenoxy) is 1. The molecule has 5 nitrogen and oxygen atoms in total. The summed E-state index contributed by atoms with van der Waals surface area (Å²) in [5.41, 5.74) is 2.54. The van der Waals surface area contributed by atoms with E-state index in [1.165, 1.54) is 18.4 Å². The van der Waals surface area contributed by atoms with Crippen molar-refractivity contribution in [3.8, 4) is 11.1 Å². The number of rotatable bonds is 7. The number of anilines is 1. The summed E-state index contributed by atoms with van der Waals surface area (Å²) < 4.78 is 4.95. The standard InChI is InChI=1S/C23H21NO4S/c1-15-20(17-11-7-4-8-12-17)21(23(27)28-2)22(29-15)24-19(26)14-13-18(25)16-9-5-3-6-10-16/h3-12H,13-14H2,1-2H3,(H,24,26). The van der Waals surface area contributed by atoms with E-state index in [9.17, 15) is 14.4 Å². The summed E-state index contributed by atoms with van der Waals surface area (Å²) in [6, 6.07) is 18.4. The van der Waals surface area contributed by atoms with Gasteiger partial charge in [0.25, 0.3) is 0 Å². The molecule has 6 heteroatoms. The Balaban J connectivity index is 1.79. The highest BCUT2D eigenvalue weighted by Crippen LogP contribution is 2.40. The van der Waals surface area contributed by atoms with Crippen molar-refractivity contribution in [3.05, 3.63) is 76.7 Å². The van der Waals surface area contributed by atoms with Crippen LogP contribution in [0, 0.1) is 6.92 Å². The van der Waals surface area contributed by atoms with Crippen molar-refractivity contribution >= 4 is 34.0 Å². The van der Waals surface area contributed by atoms with Gasteiger partial charge in [0.1, 0.15) is 10.6 Å². The SMILES string of the molecule is COC(=O)c1c(NC(=O)CCC(=O)c2ccccc2)sc(C)c1-c1ccccc1. The predicted octanol–water partition coefficient (Wildman–Crippen LogP) is 5.11. The molecule has 1 amide bonds. The van der Waals surface area contributed by atoms with E-state index in [0.29, 0.717) is 16.1 Å². The Morgan fingerprint density at radius 1 is 0.931 bits per heavy atom. The lowest BCUT2D eigenvalue weighted by molar-refractivity contribution is -0.116. The molecule has 29 heavy (non-hydrogen) atoms. The van der Waals surface area contributed by atoms with Crippen molar-refractivity contribution in [3.63, 3.8) is 0 Å². The molecule has 0 radical (unpaired) electrons. The van der Waals surface area contributed by atoms with Gasteiger partial charge >= 0.3 is 5.97 Å². The number of ketones is 1. The van der Waals surface area contributed by atoms with E-state index in [-0.39, 0.29) is 24.5 Å². The molecule has 0 saturated carbocycles. The number of thiophene rings is 1. The van der Waals surface area contributed by atoms with Crippen molar-refractivity contribution in [2.75, 3.05) is 12.4 Å². The van der Waals surface area contributed by atoms with Crippen LogP contribution in [-0.4, -0.2) is 24.8 Å². The number of benzene rings is 2. The van der Waals surface area contributed by atoms with Crippen LogP contribution in [0.1, 0.15) is 38.4 Å². The number of nitrogens with one attached hydrogen (secondary N) is 1. The number of aryl methyl sites for hydroxylation is 1. The summed E-state index contributed by atoms with van der Waals surface area (Å²) in [4.78, 5) is 38.0. The molecule has 1 heterocycles. The molecule has 1 aromatic heterocycles. The third-order valence-corrected chi connectivity index (χ3v) is 5.48. The minimum absolute atomic E-state index is 0.0337. The highest BCUT2D eigenvalue weighted by atomic mass is 32.1. The first-order chi connectivity index (χ1) is 14.0. The predicted molar refractivity (Wildman–Crippen MR) is 114 cm³/mol. The minimum Gasteiger partial charge on any atom is -0.465 e. The highest BCUT2D eigenvalue weighted by Gasteiger charge is 2.25. The zero-order valence-corrected chi connectivity index (χ0v) is 17.0. The van der Waals surface area contributed by atoms with Crippen LogP contribution in [0.3, 0.4) is 0 Å². The van der Waals surface area contributed by atoms with Gasteiger partial charge in [-0.3, -0.25) is 9.59 Å². The average molecular weight is 407 g/mol. The van der Waals surface area contributed by atoms with E-state index in [2.05, 4.69) is 5.32 Å². The van der Waals surface area contributed by atoms with E-state index in [0.717, 1.165) is 16.0 Å². The summed E-state index contributed by atoms with van der Waals surface area (Å²) >= 11 is 1.32. The molecule has 0 aliphatic rings. The molecule has 3 aromatic rings. The van der Waals surface area contributed by atoms with Gasteiger partial charge < -0.3 is 10.1 Å². The van der Waals surface area contributed by atoms with Crippen molar-refractivity contribution < 1.29 is 19.1 Å². The fourth-order valence-electron chi connectivity index (χ4n) is 3.07. The first kappa shape index (κ1) is 20.5. The van der Waals surface area contributed by atoms with E-state index >= 15 is 0 Å². The summed E-state index contributed by atoms with van der Waals surface area (Å²) in [6.07, 6.45) is 0.130. The Labute approximate surface area is 173 Å². The summed E-state index contributed by atoms with van der Waals surface area (Å²) in [5, 5.41) is 3.23. The second-order valence-corrected chi connectivity index (χ2v) is 7.66. The maximum Gasteiger partial charge on any atom is 0.341 e. The number of hydrogen-bond acceptors (Lipinski definition) is 5. The number of methoxy groups -OCH3 is 1. The number of hydrogen-bond donors (Lipinski definition) is 1. The van der Waals surface area contributed by atoms with Crippen LogP contribution in [0.4, 0.5) is 5.00 Å². The Morgan fingerprint density at radius 2 is 1.55 bits per heavy atom. The van der Waals surface area contributed by atoms with Gasteiger partial charge in [0, 0.05) is 28.8 Å². The fraction of sp³-hybridized carbons (Fsp3) is 0.174. The summed E-state index contributed by atoms with van der Waals surface area (Å²) in [7, 11) is 1.31. The lowest BCUT2D eigenvalue weighted by Gasteiger charge is -2.08. The van der Waals surface area contributed by atoms with E-state index in [1.807, 2.05) is 43.3 Å². The zero-order chi connectivity index (χ0) is 20.8. The summed E-state index contributed by atoms with van der Waals surface area (Å²) in [5.74, 6) is -0.926. The van der Waals surface area contributed by atoms with Gasteiger partial charge in [0.2, 0.25) is 5.91 Å². The maximum atomic E-state index is 12.5. The number of amides is 1. The minimum atomic E-state index is -0.510. The van der Waals surface area contributed by atoms with Crippen LogP contribution in [0.2, 0.25) is 0 Å². The molecule has 0 spiro atoms. The topological polar surface area (TPSA) is 72.5 Å². The van der Waals surface area contributed by atoms with Gasteiger partial charge in [0.15, 0.2) is 5.78 Å².